The highest BCUT2D eigenvalue weighted by Crippen LogP contribution is 2.22. The Kier molecular flexibility index (Phi) is 3.32. The van der Waals surface area contributed by atoms with Crippen LogP contribution in [0.3, 0.4) is 0 Å². The van der Waals surface area contributed by atoms with Crippen molar-refractivity contribution < 1.29 is 0 Å². The summed E-state index contributed by atoms with van der Waals surface area (Å²) in [5.74, 6) is 0. The summed E-state index contributed by atoms with van der Waals surface area (Å²) in [5.41, 5.74) is 4.57. The summed E-state index contributed by atoms with van der Waals surface area (Å²) in [6, 6.07) is 20.6. The summed E-state index contributed by atoms with van der Waals surface area (Å²) < 4.78 is 0. The third kappa shape index (κ3) is 2.68. The number of benzene rings is 2. The lowest BCUT2D eigenvalue weighted by Crippen LogP contribution is -1.96. The molecule has 0 radical (unpaired) electrons. The normalized spacial score (nSPS) is 10.3. The molecule has 0 atom stereocenters. The minimum atomic E-state index is 0.853. The van der Waals surface area contributed by atoms with E-state index in [0.717, 1.165) is 23.2 Å². The molecule has 3 aromatic rings. The quantitative estimate of drug-likeness (QED) is 0.703. The molecule has 2 nitrogen and oxygen atoms in total. The van der Waals surface area contributed by atoms with Crippen LogP contribution in [0.15, 0.2) is 73.2 Å². The van der Waals surface area contributed by atoms with Gasteiger partial charge in [0.1, 0.15) is 6.33 Å². The molecular formula is C17H14N2. The zero-order valence-electron chi connectivity index (χ0n) is 10.5. The van der Waals surface area contributed by atoms with Crippen LogP contribution in [0.25, 0.3) is 11.3 Å². The van der Waals surface area contributed by atoms with Gasteiger partial charge in [0.05, 0.1) is 5.69 Å². The molecular weight excluding hydrogens is 232 g/mol. The maximum absolute atomic E-state index is 4.43. The fourth-order valence-corrected chi connectivity index (χ4v) is 2.16. The maximum Gasteiger partial charge on any atom is 0.116 e. The molecule has 2 aromatic carbocycles. The van der Waals surface area contributed by atoms with Gasteiger partial charge in [-0.05, 0) is 5.56 Å². The molecule has 0 aliphatic rings. The number of rotatable bonds is 3. The Labute approximate surface area is 112 Å². The summed E-state index contributed by atoms with van der Waals surface area (Å²) >= 11 is 0. The largest absolute Gasteiger partial charge is 0.244 e. The molecule has 0 aliphatic heterocycles. The van der Waals surface area contributed by atoms with Crippen molar-refractivity contribution in [3.63, 3.8) is 0 Å². The second-order valence-electron chi connectivity index (χ2n) is 4.42. The molecule has 0 saturated carbocycles. The van der Waals surface area contributed by atoms with E-state index >= 15 is 0 Å². The fraction of sp³-hybridized carbons (Fsp3) is 0.0588. The summed E-state index contributed by atoms with van der Waals surface area (Å²) in [6.45, 7) is 0. The Hall–Kier alpha value is -2.48. The molecule has 0 unspecified atom stereocenters. The molecule has 0 bridgehead atoms. The summed E-state index contributed by atoms with van der Waals surface area (Å²) in [7, 11) is 0. The second-order valence-corrected chi connectivity index (χ2v) is 4.42. The van der Waals surface area contributed by atoms with Gasteiger partial charge < -0.3 is 0 Å². The molecule has 0 amide bonds. The van der Waals surface area contributed by atoms with E-state index in [1.165, 1.54) is 5.56 Å². The molecule has 1 heterocycles. The van der Waals surface area contributed by atoms with Crippen LogP contribution in [0.1, 0.15) is 11.1 Å². The Morgan fingerprint density at radius 1 is 0.789 bits per heavy atom. The van der Waals surface area contributed by atoms with Crippen molar-refractivity contribution in [2.45, 2.75) is 6.42 Å². The zero-order chi connectivity index (χ0) is 12.9. The molecule has 0 saturated heterocycles. The molecule has 0 fully saturated rings. The van der Waals surface area contributed by atoms with Crippen LogP contribution in [-0.2, 0) is 6.42 Å². The van der Waals surface area contributed by atoms with Crippen molar-refractivity contribution in [3.05, 3.63) is 84.3 Å². The number of nitrogens with zero attached hydrogens (tertiary/aromatic N) is 2. The van der Waals surface area contributed by atoms with Crippen LogP contribution >= 0.6 is 0 Å². The molecule has 3 rings (SSSR count). The number of hydrogen-bond donors (Lipinski definition) is 0. The van der Waals surface area contributed by atoms with E-state index in [1.807, 2.05) is 30.5 Å². The van der Waals surface area contributed by atoms with E-state index in [0.29, 0.717) is 0 Å². The average Bonchev–Trinajstić information content (AvgIpc) is 2.50. The zero-order valence-corrected chi connectivity index (χ0v) is 10.5. The van der Waals surface area contributed by atoms with E-state index in [4.69, 9.17) is 0 Å². The highest BCUT2D eigenvalue weighted by atomic mass is 14.8. The van der Waals surface area contributed by atoms with E-state index in [2.05, 4.69) is 46.4 Å². The summed E-state index contributed by atoms with van der Waals surface area (Å²) in [4.78, 5) is 8.59. The standard InChI is InChI=1S/C17H14N2/c1-3-7-14(8-4-1)11-16-12-18-13-19-17(16)15-9-5-2-6-10-15/h1-10,12-13H,11H2. The first-order valence-electron chi connectivity index (χ1n) is 6.32. The van der Waals surface area contributed by atoms with Gasteiger partial charge in [-0.2, -0.15) is 0 Å². The van der Waals surface area contributed by atoms with Gasteiger partial charge in [0.2, 0.25) is 0 Å². The number of aromatic nitrogens is 2. The molecule has 2 heteroatoms. The summed E-state index contributed by atoms with van der Waals surface area (Å²) in [6.07, 6.45) is 4.37. The van der Waals surface area contributed by atoms with Gasteiger partial charge in [0, 0.05) is 23.7 Å². The van der Waals surface area contributed by atoms with Crippen molar-refractivity contribution in [1.29, 1.82) is 0 Å². The maximum atomic E-state index is 4.43. The van der Waals surface area contributed by atoms with Crippen LogP contribution in [0, 0.1) is 0 Å². The monoisotopic (exact) mass is 246 g/mol. The van der Waals surface area contributed by atoms with Gasteiger partial charge >= 0.3 is 0 Å². The molecule has 0 spiro atoms. The Bertz CT molecular complexity index is 648. The highest BCUT2D eigenvalue weighted by molar-refractivity contribution is 5.62. The van der Waals surface area contributed by atoms with Crippen LogP contribution in [0.5, 0.6) is 0 Å². The van der Waals surface area contributed by atoms with Crippen molar-refractivity contribution in [1.82, 2.24) is 9.97 Å². The van der Waals surface area contributed by atoms with E-state index in [9.17, 15) is 0 Å². The van der Waals surface area contributed by atoms with Gasteiger partial charge in [-0.15, -0.1) is 0 Å². The van der Waals surface area contributed by atoms with Crippen molar-refractivity contribution in [3.8, 4) is 11.3 Å². The molecule has 19 heavy (non-hydrogen) atoms. The lowest BCUT2D eigenvalue weighted by atomic mass is 10.0. The Morgan fingerprint density at radius 2 is 1.47 bits per heavy atom. The lowest BCUT2D eigenvalue weighted by molar-refractivity contribution is 1.08. The van der Waals surface area contributed by atoms with Crippen LogP contribution in [0.2, 0.25) is 0 Å². The minimum Gasteiger partial charge on any atom is -0.244 e. The summed E-state index contributed by atoms with van der Waals surface area (Å²) in [5, 5.41) is 0. The fourth-order valence-electron chi connectivity index (χ4n) is 2.16. The van der Waals surface area contributed by atoms with Gasteiger partial charge in [-0.25, -0.2) is 9.97 Å². The van der Waals surface area contributed by atoms with Crippen molar-refractivity contribution in [2.24, 2.45) is 0 Å². The molecule has 1 aromatic heterocycles. The van der Waals surface area contributed by atoms with Crippen LogP contribution in [0.4, 0.5) is 0 Å². The molecule has 92 valence electrons. The smallest absolute Gasteiger partial charge is 0.116 e. The predicted molar refractivity (Wildman–Crippen MR) is 76.7 cm³/mol. The van der Waals surface area contributed by atoms with Crippen molar-refractivity contribution in [2.75, 3.05) is 0 Å². The first-order valence-corrected chi connectivity index (χ1v) is 6.32. The van der Waals surface area contributed by atoms with Gasteiger partial charge in [-0.3, -0.25) is 0 Å². The van der Waals surface area contributed by atoms with Crippen molar-refractivity contribution >= 4 is 0 Å². The van der Waals surface area contributed by atoms with Gasteiger partial charge in [0.15, 0.2) is 0 Å². The van der Waals surface area contributed by atoms with Gasteiger partial charge in [0.25, 0.3) is 0 Å². The van der Waals surface area contributed by atoms with Gasteiger partial charge in [-0.1, -0.05) is 60.7 Å². The second kappa shape index (κ2) is 5.44. The Morgan fingerprint density at radius 3 is 2.21 bits per heavy atom. The predicted octanol–water partition coefficient (Wildman–Crippen LogP) is 3.73. The molecule has 0 aliphatic carbocycles. The first kappa shape index (κ1) is 11.6. The minimum absolute atomic E-state index is 0.853. The third-order valence-electron chi connectivity index (χ3n) is 3.07. The van der Waals surface area contributed by atoms with E-state index in [-0.39, 0.29) is 0 Å². The Balaban J connectivity index is 1.99. The first-order chi connectivity index (χ1) is 9.43. The van der Waals surface area contributed by atoms with Crippen LogP contribution < -0.4 is 0 Å². The van der Waals surface area contributed by atoms with E-state index in [1.54, 1.807) is 6.33 Å². The topological polar surface area (TPSA) is 25.8 Å². The van der Waals surface area contributed by atoms with Crippen LogP contribution in [-0.4, -0.2) is 9.97 Å². The average molecular weight is 246 g/mol. The molecule has 0 N–H and O–H groups in total. The highest BCUT2D eigenvalue weighted by Gasteiger charge is 2.06. The number of hydrogen-bond acceptors (Lipinski definition) is 2. The third-order valence-corrected chi connectivity index (χ3v) is 3.07. The van der Waals surface area contributed by atoms with E-state index < -0.39 is 0 Å². The SMILES string of the molecule is c1ccc(Cc2cncnc2-c2ccccc2)cc1. The lowest BCUT2D eigenvalue weighted by Gasteiger charge is -2.08.